The monoisotopic (exact) mass is 1060 g/mol. The number of methoxy groups -OCH3 is 2. The van der Waals surface area contributed by atoms with E-state index in [0.29, 0.717) is 37.4 Å². The van der Waals surface area contributed by atoms with Crippen LogP contribution in [0, 0.1) is 0 Å². The van der Waals surface area contributed by atoms with Crippen molar-refractivity contribution in [2.24, 2.45) is 0 Å². The van der Waals surface area contributed by atoms with E-state index in [1.165, 1.54) is 11.1 Å². The standard InChI is InChI=1S/2C30H33BrN2O2/c2*1-33(2)20-19-30(34,18-17-22-11-6-4-7-12-22)28(23-13-8-5-9-14-23)25-21-24-26(31)15-10-16-27(24)32-29(25)35-3/h2*4-16,21,28,34H,17-20H2,1-3H3. The summed E-state index contributed by atoms with van der Waals surface area (Å²) in [7, 11) is 11.5. The zero-order chi connectivity index (χ0) is 49.7. The molecule has 8 aromatic rings. The molecule has 0 spiro atoms. The predicted molar refractivity (Wildman–Crippen MR) is 294 cm³/mol. The number of hydrogen-bond donors (Lipinski definition) is 2. The number of aryl methyl sites for hydroxylation is 2. The lowest BCUT2D eigenvalue weighted by Crippen LogP contribution is -2.40. The Labute approximate surface area is 431 Å². The highest BCUT2D eigenvalue weighted by molar-refractivity contribution is 9.11. The minimum atomic E-state index is -1.02. The van der Waals surface area contributed by atoms with E-state index in [1.807, 2.05) is 113 Å². The van der Waals surface area contributed by atoms with Gasteiger partial charge in [-0.05, 0) is 125 Å². The van der Waals surface area contributed by atoms with Crippen LogP contribution in [0.3, 0.4) is 0 Å². The van der Waals surface area contributed by atoms with Gasteiger partial charge < -0.3 is 29.5 Å². The normalized spacial score (nSPS) is 14.1. The van der Waals surface area contributed by atoms with Crippen molar-refractivity contribution in [2.45, 2.75) is 61.6 Å². The van der Waals surface area contributed by atoms with Crippen molar-refractivity contribution in [2.75, 3.05) is 55.5 Å². The van der Waals surface area contributed by atoms with Crippen LogP contribution in [0.5, 0.6) is 11.8 Å². The number of nitrogens with zero attached hydrogens (tertiary/aromatic N) is 4. The first kappa shape index (κ1) is 52.4. The summed E-state index contributed by atoms with van der Waals surface area (Å²) < 4.78 is 13.6. The van der Waals surface area contributed by atoms with Crippen molar-refractivity contribution in [3.8, 4) is 11.8 Å². The first-order chi connectivity index (χ1) is 33.8. The number of benzene rings is 6. The molecule has 0 saturated heterocycles. The Kier molecular flexibility index (Phi) is 18.4. The number of ether oxygens (including phenoxy) is 2. The highest BCUT2D eigenvalue weighted by Gasteiger charge is 2.42. The molecular formula is C60H66Br2N4O4. The molecule has 2 N–H and O–H groups in total. The molecule has 0 amide bonds. The van der Waals surface area contributed by atoms with Crippen molar-refractivity contribution < 1.29 is 19.7 Å². The van der Waals surface area contributed by atoms with Crippen LogP contribution in [-0.2, 0) is 12.8 Å². The Bertz CT molecular complexity index is 2690. The predicted octanol–water partition coefficient (Wildman–Crippen LogP) is 12.9. The van der Waals surface area contributed by atoms with Gasteiger partial charge in [0.05, 0.1) is 36.5 Å². The summed E-state index contributed by atoms with van der Waals surface area (Å²) in [5, 5.41) is 27.1. The van der Waals surface area contributed by atoms with Gasteiger partial charge in [-0.1, -0.05) is 165 Å². The zero-order valence-electron chi connectivity index (χ0n) is 41.2. The van der Waals surface area contributed by atoms with E-state index in [0.717, 1.165) is 78.9 Å². The zero-order valence-corrected chi connectivity index (χ0v) is 44.4. The number of hydrogen-bond acceptors (Lipinski definition) is 8. The number of aliphatic hydroxyl groups is 2. The summed E-state index contributed by atoms with van der Waals surface area (Å²) in [6.45, 7) is 1.53. The molecule has 10 heteroatoms. The first-order valence-electron chi connectivity index (χ1n) is 24.0. The molecule has 0 bridgehead atoms. The summed E-state index contributed by atoms with van der Waals surface area (Å²) in [5.41, 5.74) is 5.99. The third-order valence-electron chi connectivity index (χ3n) is 13.3. The summed E-state index contributed by atoms with van der Waals surface area (Å²) in [6, 6.07) is 57.5. The number of fused-ring (bicyclic) bond motifs is 2. The lowest BCUT2D eigenvalue weighted by Gasteiger charge is -2.38. The fourth-order valence-corrected chi connectivity index (χ4v) is 10.5. The van der Waals surface area contributed by atoms with Crippen LogP contribution in [0.4, 0.5) is 0 Å². The van der Waals surface area contributed by atoms with Crippen molar-refractivity contribution >= 4 is 53.7 Å². The molecule has 70 heavy (non-hydrogen) atoms. The molecular weight excluding hydrogens is 1000 g/mol. The van der Waals surface area contributed by atoms with Gasteiger partial charge in [0.1, 0.15) is 0 Å². The molecule has 4 unspecified atom stereocenters. The third-order valence-corrected chi connectivity index (χ3v) is 14.7. The Morgan fingerprint density at radius 2 is 0.814 bits per heavy atom. The topological polar surface area (TPSA) is 91.2 Å². The quantitative estimate of drug-likeness (QED) is 0.0780. The number of rotatable bonds is 20. The van der Waals surface area contributed by atoms with Gasteiger partial charge in [0.2, 0.25) is 11.8 Å². The molecule has 0 fully saturated rings. The van der Waals surface area contributed by atoms with E-state index in [4.69, 9.17) is 19.4 Å². The van der Waals surface area contributed by atoms with Gasteiger partial charge in [0.25, 0.3) is 0 Å². The highest BCUT2D eigenvalue weighted by atomic mass is 79.9. The van der Waals surface area contributed by atoms with Crippen molar-refractivity contribution in [1.29, 1.82) is 0 Å². The van der Waals surface area contributed by atoms with E-state index in [9.17, 15) is 10.2 Å². The van der Waals surface area contributed by atoms with E-state index in [2.05, 4.69) is 127 Å². The van der Waals surface area contributed by atoms with Gasteiger partial charge in [0, 0.05) is 55.8 Å². The highest BCUT2D eigenvalue weighted by Crippen LogP contribution is 2.46. The lowest BCUT2D eigenvalue weighted by atomic mass is 9.72. The third kappa shape index (κ3) is 13.1. The SMILES string of the molecule is COc1nc2cccc(Br)c2cc1C(c1ccccc1)C(O)(CCc1ccccc1)CCN(C)C.COc1nc2cccc(Br)c2cc1C(c1ccccc1)C(O)(CCc1ccccc1)CCN(C)C. The molecule has 364 valence electrons. The second-order valence-corrected chi connectivity index (χ2v) is 20.5. The van der Waals surface area contributed by atoms with Gasteiger partial charge in [-0.25, -0.2) is 9.97 Å². The summed E-state index contributed by atoms with van der Waals surface area (Å²) >= 11 is 7.39. The van der Waals surface area contributed by atoms with Crippen molar-refractivity contribution in [3.05, 3.63) is 212 Å². The molecule has 0 saturated carbocycles. The van der Waals surface area contributed by atoms with Crippen molar-refractivity contribution in [1.82, 2.24) is 19.8 Å². The van der Waals surface area contributed by atoms with Crippen LogP contribution in [0.25, 0.3) is 21.8 Å². The van der Waals surface area contributed by atoms with Gasteiger partial charge in [-0.3, -0.25) is 0 Å². The fourth-order valence-electron chi connectivity index (χ4n) is 9.58. The maximum Gasteiger partial charge on any atom is 0.217 e. The van der Waals surface area contributed by atoms with E-state index in [-0.39, 0.29) is 11.8 Å². The van der Waals surface area contributed by atoms with E-state index < -0.39 is 11.2 Å². The molecule has 0 aliphatic heterocycles. The average Bonchev–Trinajstić information content (AvgIpc) is 3.38. The van der Waals surface area contributed by atoms with Crippen LogP contribution in [0.15, 0.2) is 179 Å². The second kappa shape index (κ2) is 24.6. The number of aromatic nitrogens is 2. The molecule has 4 atom stereocenters. The smallest absolute Gasteiger partial charge is 0.217 e. The van der Waals surface area contributed by atoms with E-state index in [1.54, 1.807) is 14.2 Å². The Hall–Kier alpha value is -5.46. The van der Waals surface area contributed by atoms with Gasteiger partial charge in [-0.2, -0.15) is 0 Å². The minimum absolute atomic E-state index is 0.314. The maximum atomic E-state index is 12.5. The first-order valence-corrected chi connectivity index (χ1v) is 25.6. The van der Waals surface area contributed by atoms with E-state index >= 15 is 0 Å². The van der Waals surface area contributed by atoms with Crippen LogP contribution < -0.4 is 9.47 Å². The number of pyridine rings is 2. The molecule has 6 aromatic carbocycles. The second-order valence-electron chi connectivity index (χ2n) is 18.8. The molecule has 0 radical (unpaired) electrons. The molecule has 2 heterocycles. The van der Waals surface area contributed by atoms with Gasteiger partial charge >= 0.3 is 0 Å². The molecule has 0 aliphatic carbocycles. The number of halogens is 2. The Balaban J connectivity index is 0.000000206. The van der Waals surface area contributed by atoms with Crippen molar-refractivity contribution in [3.63, 3.8) is 0 Å². The Morgan fingerprint density at radius 1 is 0.471 bits per heavy atom. The minimum Gasteiger partial charge on any atom is -0.481 e. The maximum absolute atomic E-state index is 12.5. The summed E-state index contributed by atoms with van der Waals surface area (Å²) in [6.07, 6.45) is 4.01. The lowest BCUT2D eigenvalue weighted by molar-refractivity contribution is 0.000435. The molecule has 0 aliphatic rings. The fraction of sp³-hybridized carbons (Fsp3) is 0.300. The van der Waals surface area contributed by atoms with Gasteiger partial charge in [-0.15, -0.1) is 0 Å². The summed E-state index contributed by atoms with van der Waals surface area (Å²) in [5.74, 6) is 0.470. The van der Waals surface area contributed by atoms with Crippen LogP contribution in [0.1, 0.15) is 70.9 Å². The molecule has 8 rings (SSSR count). The largest absolute Gasteiger partial charge is 0.481 e. The molecule has 2 aromatic heterocycles. The summed E-state index contributed by atoms with van der Waals surface area (Å²) in [4.78, 5) is 14.0. The molecule has 8 nitrogen and oxygen atoms in total. The van der Waals surface area contributed by atoms with Crippen LogP contribution in [-0.4, -0.2) is 96.7 Å². The van der Waals surface area contributed by atoms with Crippen LogP contribution >= 0.6 is 31.9 Å². The average molecular weight is 1070 g/mol. The Morgan fingerprint density at radius 3 is 1.14 bits per heavy atom. The van der Waals surface area contributed by atoms with Crippen LogP contribution in [0.2, 0.25) is 0 Å². The van der Waals surface area contributed by atoms with Gasteiger partial charge in [0.15, 0.2) is 0 Å².